The van der Waals surface area contributed by atoms with Crippen molar-refractivity contribution in [1.82, 2.24) is 10.3 Å². The minimum Gasteiger partial charge on any atom is -0.344 e. The zero-order chi connectivity index (χ0) is 21.7. The van der Waals surface area contributed by atoms with Gasteiger partial charge in [0, 0.05) is 23.5 Å². The topological polar surface area (TPSA) is 91.4 Å². The molecule has 9 heteroatoms. The molecule has 1 fully saturated rings. The number of rotatable bonds is 8. The molecule has 30 heavy (non-hydrogen) atoms. The van der Waals surface area contributed by atoms with Crippen LogP contribution in [0.15, 0.2) is 30.3 Å². The van der Waals surface area contributed by atoms with E-state index < -0.39 is 12.0 Å². The minimum atomic E-state index is -0.671. The number of aromatic nitrogens is 1. The monoisotopic (exact) mass is 446 g/mol. The number of thioether (sulfide) groups is 1. The van der Waals surface area contributed by atoms with Gasteiger partial charge in [-0.15, -0.1) is 11.3 Å². The van der Waals surface area contributed by atoms with Gasteiger partial charge in [0.25, 0.3) is 0 Å². The molecule has 1 aliphatic rings. The quantitative estimate of drug-likeness (QED) is 0.650. The summed E-state index contributed by atoms with van der Waals surface area (Å²) in [4.78, 5) is 45.1. The highest BCUT2D eigenvalue weighted by molar-refractivity contribution is 7.98. The van der Waals surface area contributed by atoms with E-state index in [-0.39, 0.29) is 24.1 Å². The molecule has 2 aromatic rings. The predicted octanol–water partition coefficient (Wildman–Crippen LogP) is 2.99. The van der Waals surface area contributed by atoms with Gasteiger partial charge < -0.3 is 15.5 Å². The summed E-state index contributed by atoms with van der Waals surface area (Å²) in [6, 6.07) is 8.64. The van der Waals surface area contributed by atoms with Crippen LogP contribution in [-0.4, -0.2) is 47.3 Å². The molecule has 1 aromatic heterocycles. The SMILES string of the molecule is CSCC[C@H](NC(=O)C1CC(=O)N(c2ccccc2)C1)C(=O)Nc1nc(C)c(C)s1. The number of amides is 3. The van der Waals surface area contributed by atoms with E-state index in [9.17, 15) is 14.4 Å². The van der Waals surface area contributed by atoms with Crippen molar-refractivity contribution in [2.24, 2.45) is 5.92 Å². The van der Waals surface area contributed by atoms with E-state index in [1.807, 2.05) is 50.4 Å². The fourth-order valence-corrected chi connectivity index (χ4v) is 4.54. The van der Waals surface area contributed by atoms with Crippen molar-refractivity contribution in [3.8, 4) is 0 Å². The van der Waals surface area contributed by atoms with Gasteiger partial charge in [0.2, 0.25) is 17.7 Å². The number of aryl methyl sites for hydroxylation is 2. The Morgan fingerprint density at radius 3 is 2.67 bits per heavy atom. The van der Waals surface area contributed by atoms with Gasteiger partial charge in [0.15, 0.2) is 5.13 Å². The largest absolute Gasteiger partial charge is 0.344 e. The maximum Gasteiger partial charge on any atom is 0.248 e. The summed E-state index contributed by atoms with van der Waals surface area (Å²) < 4.78 is 0. The number of nitrogens with one attached hydrogen (secondary N) is 2. The van der Waals surface area contributed by atoms with Gasteiger partial charge in [0.05, 0.1) is 11.6 Å². The number of hydrogen-bond acceptors (Lipinski definition) is 6. The van der Waals surface area contributed by atoms with E-state index in [1.165, 1.54) is 11.3 Å². The highest BCUT2D eigenvalue weighted by Crippen LogP contribution is 2.25. The lowest BCUT2D eigenvalue weighted by Gasteiger charge is -2.20. The summed E-state index contributed by atoms with van der Waals surface area (Å²) in [6.07, 6.45) is 2.60. The van der Waals surface area contributed by atoms with Crippen molar-refractivity contribution in [3.63, 3.8) is 0 Å². The molecule has 0 aliphatic carbocycles. The summed E-state index contributed by atoms with van der Waals surface area (Å²) >= 11 is 3.02. The van der Waals surface area contributed by atoms with E-state index in [0.717, 1.165) is 22.0 Å². The van der Waals surface area contributed by atoms with E-state index in [0.29, 0.717) is 18.1 Å². The van der Waals surface area contributed by atoms with E-state index in [2.05, 4.69) is 15.6 Å². The molecule has 2 atom stereocenters. The molecule has 0 saturated carbocycles. The smallest absolute Gasteiger partial charge is 0.248 e. The Labute approximate surface area is 184 Å². The fourth-order valence-electron chi connectivity index (χ4n) is 3.25. The first-order valence-corrected chi connectivity index (χ1v) is 12.0. The first-order valence-electron chi connectivity index (χ1n) is 9.78. The molecule has 0 bridgehead atoms. The van der Waals surface area contributed by atoms with Gasteiger partial charge in [-0.1, -0.05) is 18.2 Å². The zero-order valence-electron chi connectivity index (χ0n) is 17.3. The Hall–Kier alpha value is -2.39. The van der Waals surface area contributed by atoms with Crippen LogP contribution in [0, 0.1) is 19.8 Å². The Balaban J connectivity index is 1.64. The third-order valence-electron chi connectivity index (χ3n) is 5.07. The molecule has 2 N–H and O–H groups in total. The van der Waals surface area contributed by atoms with Gasteiger partial charge in [-0.25, -0.2) is 4.98 Å². The molecule has 3 amide bonds. The number of hydrogen-bond donors (Lipinski definition) is 2. The van der Waals surface area contributed by atoms with E-state index in [1.54, 1.807) is 16.7 Å². The second-order valence-electron chi connectivity index (χ2n) is 7.23. The zero-order valence-corrected chi connectivity index (χ0v) is 18.9. The summed E-state index contributed by atoms with van der Waals surface area (Å²) in [5.74, 6) is -0.384. The molecule has 7 nitrogen and oxygen atoms in total. The van der Waals surface area contributed by atoms with E-state index >= 15 is 0 Å². The molecule has 2 heterocycles. The molecule has 0 spiro atoms. The first-order chi connectivity index (χ1) is 14.4. The van der Waals surface area contributed by atoms with Gasteiger partial charge in [-0.3, -0.25) is 14.4 Å². The summed E-state index contributed by atoms with van der Waals surface area (Å²) in [5.41, 5.74) is 1.66. The van der Waals surface area contributed by atoms with Crippen LogP contribution < -0.4 is 15.5 Å². The van der Waals surface area contributed by atoms with Crippen LogP contribution in [0.25, 0.3) is 0 Å². The summed E-state index contributed by atoms with van der Waals surface area (Å²) in [7, 11) is 0. The lowest BCUT2D eigenvalue weighted by molar-refractivity contribution is -0.129. The molecule has 160 valence electrons. The lowest BCUT2D eigenvalue weighted by Crippen LogP contribution is -2.46. The Morgan fingerprint density at radius 2 is 2.03 bits per heavy atom. The Kier molecular flexibility index (Phi) is 7.49. The van der Waals surface area contributed by atoms with Crippen LogP contribution >= 0.6 is 23.1 Å². The molecule has 1 aliphatic heterocycles. The van der Waals surface area contributed by atoms with Crippen molar-refractivity contribution in [2.45, 2.75) is 32.7 Å². The summed E-state index contributed by atoms with van der Waals surface area (Å²) in [6.45, 7) is 4.16. The van der Waals surface area contributed by atoms with Crippen LogP contribution in [-0.2, 0) is 14.4 Å². The van der Waals surface area contributed by atoms with Crippen LogP contribution in [0.2, 0.25) is 0 Å². The average molecular weight is 447 g/mol. The van der Waals surface area contributed by atoms with Gasteiger partial charge in [-0.05, 0) is 44.4 Å². The fraction of sp³-hybridized carbons (Fsp3) is 0.429. The maximum atomic E-state index is 12.9. The highest BCUT2D eigenvalue weighted by atomic mass is 32.2. The molecule has 1 unspecified atom stereocenters. The van der Waals surface area contributed by atoms with Crippen LogP contribution in [0.1, 0.15) is 23.4 Å². The van der Waals surface area contributed by atoms with Crippen LogP contribution in [0.4, 0.5) is 10.8 Å². The van der Waals surface area contributed by atoms with Crippen molar-refractivity contribution in [3.05, 3.63) is 40.9 Å². The number of thiazole rings is 1. The third kappa shape index (κ3) is 5.40. The lowest BCUT2D eigenvalue weighted by atomic mass is 10.1. The number of carbonyl (C=O) groups excluding carboxylic acids is 3. The number of nitrogens with zero attached hydrogens (tertiary/aromatic N) is 2. The molecule has 0 radical (unpaired) electrons. The second kappa shape index (κ2) is 10.1. The maximum absolute atomic E-state index is 12.9. The predicted molar refractivity (Wildman–Crippen MR) is 122 cm³/mol. The molecular formula is C21H26N4O3S2. The number of para-hydroxylation sites is 1. The number of carbonyl (C=O) groups is 3. The Bertz CT molecular complexity index is 897. The third-order valence-corrected chi connectivity index (χ3v) is 6.70. The average Bonchev–Trinajstić information content (AvgIpc) is 3.27. The minimum absolute atomic E-state index is 0.0831. The van der Waals surface area contributed by atoms with Crippen LogP contribution in [0.5, 0.6) is 0 Å². The van der Waals surface area contributed by atoms with Crippen molar-refractivity contribution < 1.29 is 14.4 Å². The molecule has 1 aromatic carbocycles. The number of benzene rings is 1. The van der Waals surface area contributed by atoms with Crippen LogP contribution in [0.3, 0.4) is 0 Å². The van der Waals surface area contributed by atoms with Gasteiger partial charge in [0.1, 0.15) is 6.04 Å². The van der Waals surface area contributed by atoms with Crippen molar-refractivity contribution in [2.75, 3.05) is 28.8 Å². The molecule has 1 saturated heterocycles. The van der Waals surface area contributed by atoms with Crippen molar-refractivity contribution >= 4 is 51.6 Å². The standard InChI is InChI=1S/C21H26N4O3S2/c1-13-14(2)30-21(22-13)24-20(28)17(9-10-29-3)23-19(27)15-11-18(26)25(12-15)16-7-5-4-6-8-16/h4-8,15,17H,9-12H2,1-3H3,(H,23,27)(H,22,24,28)/t15?,17-/m0/s1. The first kappa shape index (κ1) is 22.3. The highest BCUT2D eigenvalue weighted by Gasteiger charge is 2.36. The Morgan fingerprint density at radius 1 is 1.30 bits per heavy atom. The summed E-state index contributed by atoms with van der Waals surface area (Å²) in [5, 5.41) is 6.21. The van der Waals surface area contributed by atoms with Gasteiger partial charge >= 0.3 is 0 Å². The second-order valence-corrected chi connectivity index (χ2v) is 9.42. The molecule has 3 rings (SSSR count). The van der Waals surface area contributed by atoms with E-state index in [4.69, 9.17) is 0 Å². The number of anilines is 2. The van der Waals surface area contributed by atoms with Gasteiger partial charge in [-0.2, -0.15) is 11.8 Å². The molecular weight excluding hydrogens is 420 g/mol. The normalized spacial score (nSPS) is 17.1. The van der Waals surface area contributed by atoms with Crippen molar-refractivity contribution in [1.29, 1.82) is 0 Å².